The molecule has 1 aliphatic rings. The second kappa shape index (κ2) is 9.88. The standard InChI is InChI=1S/C24H28N4O4S/c1-18-22(24(29)26-11-12-27-13-15-32-16-14-27)17-23(19-5-3-2-4-6-19)28(18)20-7-9-21(10-8-20)33(25,30)31/h2-10,17H,11-16H2,1H3,(H,26,29)(H2,25,30,31). The molecule has 2 heterocycles. The Morgan fingerprint density at radius 2 is 1.73 bits per heavy atom. The number of ether oxygens (including phenoxy) is 1. The van der Waals surface area contributed by atoms with Gasteiger partial charge in [-0.25, -0.2) is 13.6 Å². The Morgan fingerprint density at radius 3 is 2.36 bits per heavy atom. The van der Waals surface area contributed by atoms with E-state index in [1.165, 1.54) is 12.1 Å². The van der Waals surface area contributed by atoms with Gasteiger partial charge >= 0.3 is 0 Å². The minimum Gasteiger partial charge on any atom is -0.379 e. The minimum absolute atomic E-state index is 0.0402. The summed E-state index contributed by atoms with van der Waals surface area (Å²) in [5.41, 5.74) is 3.87. The van der Waals surface area contributed by atoms with Gasteiger partial charge in [0, 0.05) is 37.6 Å². The number of sulfonamides is 1. The van der Waals surface area contributed by atoms with Crippen LogP contribution in [-0.2, 0) is 14.8 Å². The highest BCUT2D eigenvalue weighted by atomic mass is 32.2. The van der Waals surface area contributed by atoms with Crippen LogP contribution >= 0.6 is 0 Å². The lowest BCUT2D eigenvalue weighted by molar-refractivity contribution is 0.0383. The van der Waals surface area contributed by atoms with Crippen molar-refractivity contribution in [2.24, 2.45) is 5.14 Å². The van der Waals surface area contributed by atoms with E-state index in [-0.39, 0.29) is 10.8 Å². The molecule has 0 atom stereocenters. The Kier molecular flexibility index (Phi) is 6.94. The molecular weight excluding hydrogens is 440 g/mol. The molecule has 0 bridgehead atoms. The van der Waals surface area contributed by atoms with E-state index < -0.39 is 10.0 Å². The van der Waals surface area contributed by atoms with E-state index in [1.54, 1.807) is 12.1 Å². The number of benzene rings is 2. The van der Waals surface area contributed by atoms with Gasteiger partial charge in [-0.2, -0.15) is 0 Å². The monoisotopic (exact) mass is 468 g/mol. The molecule has 9 heteroatoms. The van der Waals surface area contributed by atoms with Crippen molar-refractivity contribution in [1.29, 1.82) is 0 Å². The van der Waals surface area contributed by atoms with Crippen LogP contribution in [0.4, 0.5) is 0 Å². The van der Waals surface area contributed by atoms with Gasteiger partial charge in [-0.15, -0.1) is 0 Å². The van der Waals surface area contributed by atoms with Crippen LogP contribution in [0.3, 0.4) is 0 Å². The predicted molar refractivity (Wildman–Crippen MR) is 127 cm³/mol. The number of morpholine rings is 1. The van der Waals surface area contributed by atoms with Crippen molar-refractivity contribution in [2.75, 3.05) is 39.4 Å². The lowest BCUT2D eigenvalue weighted by Gasteiger charge is -2.26. The highest BCUT2D eigenvalue weighted by molar-refractivity contribution is 7.89. The highest BCUT2D eigenvalue weighted by Gasteiger charge is 2.20. The van der Waals surface area contributed by atoms with Gasteiger partial charge in [0.2, 0.25) is 10.0 Å². The largest absolute Gasteiger partial charge is 0.379 e. The zero-order chi connectivity index (χ0) is 23.4. The van der Waals surface area contributed by atoms with Crippen LogP contribution in [0, 0.1) is 6.92 Å². The molecule has 33 heavy (non-hydrogen) atoms. The third kappa shape index (κ3) is 5.33. The third-order valence-electron chi connectivity index (χ3n) is 5.80. The van der Waals surface area contributed by atoms with Gasteiger partial charge in [0.15, 0.2) is 0 Å². The molecular formula is C24H28N4O4S. The number of nitrogens with zero attached hydrogens (tertiary/aromatic N) is 2. The Morgan fingerprint density at radius 1 is 1.06 bits per heavy atom. The normalized spacial score (nSPS) is 14.8. The fourth-order valence-electron chi connectivity index (χ4n) is 4.02. The molecule has 174 valence electrons. The number of hydrogen-bond donors (Lipinski definition) is 2. The van der Waals surface area contributed by atoms with E-state index in [2.05, 4.69) is 10.2 Å². The maximum Gasteiger partial charge on any atom is 0.253 e. The topological polar surface area (TPSA) is 107 Å². The molecule has 8 nitrogen and oxygen atoms in total. The first-order valence-corrected chi connectivity index (χ1v) is 12.4. The van der Waals surface area contributed by atoms with Crippen LogP contribution in [0.2, 0.25) is 0 Å². The van der Waals surface area contributed by atoms with Crippen molar-refractivity contribution in [3.05, 3.63) is 71.9 Å². The van der Waals surface area contributed by atoms with Crippen LogP contribution in [0.1, 0.15) is 16.1 Å². The van der Waals surface area contributed by atoms with Crippen LogP contribution < -0.4 is 10.5 Å². The fourth-order valence-corrected chi connectivity index (χ4v) is 4.54. The number of nitrogens with two attached hydrogens (primary N) is 1. The van der Waals surface area contributed by atoms with Gasteiger partial charge in [0.25, 0.3) is 5.91 Å². The molecule has 1 saturated heterocycles. The summed E-state index contributed by atoms with van der Waals surface area (Å²) >= 11 is 0. The van der Waals surface area contributed by atoms with Crippen LogP contribution in [0.15, 0.2) is 65.6 Å². The molecule has 0 spiro atoms. The second-order valence-corrected chi connectivity index (χ2v) is 9.54. The number of primary sulfonamides is 1. The Labute approximate surface area is 194 Å². The van der Waals surface area contributed by atoms with Gasteiger partial charge in [-0.05, 0) is 42.8 Å². The number of hydrogen-bond acceptors (Lipinski definition) is 5. The summed E-state index contributed by atoms with van der Waals surface area (Å²) in [4.78, 5) is 15.4. The lowest BCUT2D eigenvalue weighted by atomic mass is 10.1. The van der Waals surface area contributed by atoms with E-state index in [1.807, 2.05) is 47.9 Å². The first-order valence-electron chi connectivity index (χ1n) is 10.8. The molecule has 1 aromatic heterocycles. The summed E-state index contributed by atoms with van der Waals surface area (Å²) in [6, 6.07) is 18.0. The van der Waals surface area contributed by atoms with E-state index in [0.717, 1.165) is 55.5 Å². The maximum absolute atomic E-state index is 13.1. The zero-order valence-corrected chi connectivity index (χ0v) is 19.3. The fraction of sp³-hybridized carbons (Fsp3) is 0.292. The summed E-state index contributed by atoms with van der Waals surface area (Å²) in [7, 11) is -3.79. The van der Waals surface area contributed by atoms with E-state index >= 15 is 0 Å². The van der Waals surface area contributed by atoms with Gasteiger partial charge in [0.1, 0.15) is 0 Å². The number of carbonyl (C=O) groups is 1. The molecule has 1 aliphatic heterocycles. The van der Waals surface area contributed by atoms with Gasteiger partial charge < -0.3 is 14.6 Å². The highest BCUT2D eigenvalue weighted by Crippen LogP contribution is 2.30. The first-order chi connectivity index (χ1) is 15.8. The van der Waals surface area contributed by atoms with Crippen LogP contribution in [-0.4, -0.2) is 63.2 Å². The lowest BCUT2D eigenvalue weighted by Crippen LogP contribution is -2.41. The average molecular weight is 469 g/mol. The zero-order valence-electron chi connectivity index (χ0n) is 18.5. The van der Waals surface area contributed by atoms with E-state index in [9.17, 15) is 13.2 Å². The van der Waals surface area contributed by atoms with Crippen LogP contribution in [0.25, 0.3) is 16.9 Å². The van der Waals surface area contributed by atoms with Crippen molar-refractivity contribution >= 4 is 15.9 Å². The third-order valence-corrected chi connectivity index (χ3v) is 6.73. The van der Waals surface area contributed by atoms with Gasteiger partial charge in [-0.3, -0.25) is 9.69 Å². The molecule has 0 saturated carbocycles. The Balaban J connectivity index is 1.63. The summed E-state index contributed by atoms with van der Waals surface area (Å²) in [5, 5.41) is 8.27. The van der Waals surface area contributed by atoms with E-state index in [4.69, 9.17) is 9.88 Å². The number of rotatable bonds is 7. The Hall–Kier alpha value is -2.98. The second-order valence-electron chi connectivity index (χ2n) is 7.98. The molecule has 3 aromatic rings. The summed E-state index contributed by atoms with van der Waals surface area (Å²) in [5.74, 6) is -0.141. The predicted octanol–water partition coefficient (Wildman–Crippen LogP) is 2.16. The number of carbonyl (C=O) groups excluding carboxylic acids is 1. The molecule has 0 aliphatic carbocycles. The number of aromatic nitrogens is 1. The first kappa shape index (κ1) is 23.2. The van der Waals surface area contributed by atoms with Crippen LogP contribution in [0.5, 0.6) is 0 Å². The van der Waals surface area contributed by atoms with Crippen molar-refractivity contribution in [3.8, 4) is 16.9 Å². The smallest absolute Gasteiger partial charge is 0.253 e. The molecule has 2 aromatic carbocycles. The number of nitrogens with one attached hydrogen (secondary N) is 1. The van der Waals surface area contributed by atoms with Crippen molar-refractivity contribution in [2.45, 2.75) is 11.8 Å². The molecule has 0 radical (unpaired) electrons. The quantitative estimate of drug-likeness (QED) is 0.553. The summed E-state index contributed by atoms with van der Waals surface area (Å²) in [6.07, 6.45) is 0. The van der Waals surface area contributed by atoms with Gasteiger partial charge in [0.05, 0.1) is 29.4 Å². The Bertz CT molecular complexity index is 1220. The summed E-state index contributed by atoms with van der Waals surface area (Å²) in [6.45, 7) is 6.40. The molecule has 1 amide bonds. The summed E-state index contributed by atoms with van der Waals surface area (Å²) < 4.78 is 30.6. The minimum atomic E-state index is -3.79. The number of amides is 1. The molecule has 0 unspecified atom stereocenters. The SMILES string of the molecule is Cc1c(C(=O)NCCN2CCOCC2)cc(-c2ccccc2)n1-c1ccc(S(N)(=O)=O)cc1. The van der Waals surface area contributed by atoms with Crippen molar-refractivity contribution in [3.63, 3.8) is 0 Å². The van der Waals surface area contributed by atoms with Crippen molar-refractivity contribution in [1.82, 2.24) is 14.8 Å². The van der Waals surface area contributed by atoms with Gasteiger partial charge in [-0.1, -0.05) is 30.3 Å². The maximum atomic E-state index is 13.1. The van der Waals surface area contributed by atoms with Crippen molar-refractivity contribution < 1.29 is 17.9 Å². The average Bonchev–Trinajstić information content (AvgIpc) is 3.17. The molecule has 1 fully saturated rings. The molecule has 3 N–H and O–H groups in total. The molecule has 4 rings (SSSR count). The van der Waals surface area contributed by atoms with E-state index in [0.29, 0.717) is 12.1 Å².